The number of rotatable bonds is 10. The third-order valence-corrected chi connectivity index (χ3v) is 3.13. The summed E-state index contributed by atoms with van der Waals surface area (Å²) < 4.78 is 11.0. The molecule has 0 saturated carbocycles. The van der Waals surface area contributed by atoms with E-state index in [0.717, 1.165) is 38.3 Å². The smallest absolute Gasteiger partial charge is 0.122 e. The van der Waals surface area contributed by atoms with E-state index >= 15 is 0 Å². The zero-order valence-electron chi connectivity index (χ0n) is 13.3. The van der Waals surface area contributed by atoms with E-state index in [1.807, 2.05) is 12.1 Å². The fourth-order valence-corrected chi connectivity index (χ4v) is 2.12. The summed E-state index contributed by atoms with van der Waals surface area (Å²) in [7, 11) is 1.73. The van der Waals surface area contributed by atoms with Gasteiger partial charge in [0.2, 0.25) is 0 Å². The lowest BCUT2D eigenvalue weighted by atomic mass is 10.1. The van der Waals surface area contributed by atoms with E-state index in [1.54, 1.807) is 7.11 Å². The van der Waals surface area contributed by atoms with Gasteiger partial charge in [-0.3, -0.25) is 0 Å². The van der Waals surface area contributed by atoms with Crippen LogP contribution in [0.5, 0.6) is 5.75 Å². The van der Waals surface area contributed by atoms with E-state index < -0.39 is 0 Å². The molecule has 3 nitrogen and oxygen atoms in total. The number of hydrogen-bond donors (Lipinski definition) is 1. The van der Waals surface area contributed by atoms with Gasteiger partial charge in [0, 0.05) is 19.3 Å². The number of nitrogens with one attached hydrogen (secondary N) is 1. The van der Waals surface area contributed by atoms with Gasteiger partial charge in [-0.05, 0) is 43.9 Å². The molecule has 0 aromatic heterocycles. The molecule has 3 heteroatoms. The van der Waals surface area contributed by atoms with E-state index in [1.165, 1.54) is 5.56 Å². The van der Waals surface area contributed by atoms with Crippen molar-refractivity contribution in [3.05, 3.63) is 29.8 Å². The van der Waals surface area contributed by atoms with Gasteiger partial charge in [-0.2, -0.15) is 0 Å². The van der Waals surface area contributed by atoms with E-state index in [2.05, 4.69) is 38.2 Å². The van der Waals surface area contributed by atoms with Gasteiger partial charge in [0.05, 0.1) is 7.11 Å². The van der Waals surface area contributed by atoms with Crippen LogP contribution in [-0.2, 0) is 11.2 Å². The van der Waals surface area contributed by atoms with Crippen LogP contribution in [0, 0.1) is 5.92 Å². The minimum atomic E-state index is 0.441. The van der Waals surface area contributed by atoms with Gasteiger partial charge in [-0.1, -0.05) is 32.0 Å². The standard InChI is InChI=1S/C17H29NO2/c1-14(2)13-20-11-7-10-18-15(3)12-16-8-5-6-9-17(16)19-4/h5-6,8-9,14-15,18H,7,10-13H2,1-4H3. The molecule has 0 heterocycles. The molecule has 0 fully saturated rings. The van der Waals surface area contributed by atoms with E-state index in [-0.39, 0.29) is 0 Å². The molecule has 114 valence electrons. The molecule has 0 spiro atoms. The molecule has 1 aromatic carbocycles. The van der Waals surface area contributed by atoms with Crippen molar-refractivity contribution in [3.63, 3.8) is 0 Å². The van der Waals surface area contributed by atoms with Gasteiger partial charge in [0.15, 0.2) is 0 Å². The molecular weight excluding hydrogens is 250 g/mol. The zero-order chi connectivity index (χ0) is 14.8. The Morgan fingerprint density at radius 1 is 1.15 bits per heavy atom. The maximum absolute atomic E-state index is 5.57. The molecule has 0 aliphatic rings. The maximum atomic E-state index is 5.57. The first-order chi connectivity index (χ1) is 9.63. The van der Waals surface area contributed by atoms with Gasteiger partial charge in [-0.25, -0.2) is 0 Å². The van der Waals surface area contributed by atoms with Gasteiger partial charge in [-0.15, -0.1) is 0 Å². The highest BCUT2D eigenvalue weighted by molar-refractivity contribution is 5.33. The van der Waals surface area contributed by atoms with Crippen molar-refractivity contribution in [1.29, 1.82) is 0 Å². The van der Waals surface area contributed by atoms with Gasteiger partial charge in [0.25, 0.3) is 0 Å². The quantitative estimate of drug-likeness (QED) is 0.667. The highest BCUT2D eigenvalue weighted by Crippen LogP contribution is 2.18. The summed E-state index contributed by atoms with van der Waals surface area (Å²) in [6.07, 6.45) is 2.04. The first-order valence-electron chi connectivity index (χ1n) is 7.56. The lowest BCUT2D eigenvalue weighted by Crippen LogP contribution is -2.29. The Balaban J connectivity index is 2.18. The first kappa shape index (κ1) is 17.0. The van der Waals surface area contributed by atoms with E-state index in [9.17, 15) is 0 Å². The summed E-state index contributed by atoms with van der Waals surface area (Å²) in [6.45, 7) is 9.25. The second-order valence-electron chi connectivity index (χ2n) is 5.69. The third kappa shape index (κ3) is 6.92. The van der Waals surface area contributed by atoms with Crippen LogP contribution in [0.3, 0.4) is 0 Å². The SMILES string of the molecule is COc1ccccc1CC(C)NCCCOCC(C)C. The summed E-state index contributed by atoms with van der Waals surface area (Å²) in [5.74, 6) is 1.59. The molecule has 0 aliphatic carbocycles. The Bertz CT molecular complexity index is 366. The molecule has 1 aromatic rings. The molecule has 0 saturated heterocycles. The molecule has 1 atom stereocenters. The van der Waals surface area contributed by atoms with Gasteiger partial charge >= 0.3 is 0 Å². The number of para-hydroxylation sites is 1. The summed E-state index contributed by atoms with van der Waals surface area (Å²) in [5, 5.41) is 3.53. The van der Waals surface area contributed by atoms with Crippen LogP contribution < -0.4 is 10.1 Å². The van der Waals surface area contributed by atoms with Crippen LogP contribution in [0.4, 0.5) is 0 Å². The van der Waals surface area contributed by atoms with Crippen molar-refractivity contribution < 1.29 is 9.47 Å². The fraction of sp³-hybridized carbons (Fsp3) is 0.647. The molecule has 0 bridgehead atoms. The predicted octanol–water partition coefficient (Wildman–Crippen LogP) is 3.28. The Morgan fingerprint density at radius 2 is 1.90 bits per heavy atom. The molecule has 0 radical (unpaired) electrons. The van der Waals surface area contributed by atoms with Crippen LogP contribution in [0.15, 0.2) is 24.3 Å². The second kappa shape index (κ2) is 9.78. The molecular formula is C17H29NO2. The van der Waals surface area contributed by atoms with Crippen LogP contribution in [-0.4, -0.2) is 32.9 Å². The minimum Gasteiger partial charge on any atom is -0.496 e. The molecule has 1 unspecified atom stereocenters. The van der Waals surface area contributed by atoms with Crippen molar-refractivity contribution in [2.75, 3.05) is 26.9 Å². The second-order valence-corrected chi connectivity index (χ2v) is 5.69. The third-order valence-electron chi connectivity index (χ3n) is 3.13. The van der Waals surface area contributed by atoms with Crippen LogP contribution in [0.1, 0.15) is 32.8 Å². The number of benzene rings is 1. The van der Waals surface area contributed by atoms with Crippen molar-refractivity contribution in [1.82, 2.24) is 5.32 Å². The summed E-state index contributed by atoms with van der Waals surface area (Å²) in [5.41, 5.74) is 1.26. The van der Waals surface area contributed by atoms with Gasteiger partial charge < -0.3 is 14.8 Å². The zero-order valence-corrected chi connectivity index (χ0v) is 13.3. The summed E-state index contributed by atoms with van der Waals surface area (Å²) in [4.78, 5) is 0. The maximum Gasteiger partial charge on any atom is 0.122 e. The van der Waals surface area contributed by atoms with E-state index in [0.29, 0.717) is 12.0 Å². The molecule has 0 aliphatic heterocycles. The van der Waals surface area contributed by atoms with Crippen molar-refractivity contribution >= 4 is 0 Å². The Hall–Kier alpha value is -1.06. The normalized spacial score (nSPS) is 12.7. The molecule has 20 heavy (non-hydrogen) atoms. The number of methoxy groups -OCH3 is 1. The fourth-order valence-electron chi connectivity index (χ4n) is 2.12. The van der Waals surface area contributed by atoms with Crippen molar-refractivity contribution in [3.8, 4) is 5.75 Å². The number of ether oxygens (including phenoxy) is 2. The Morgan fingerprint density at radius 3 is 2.60 bits per heavy atom. The van der Waals surface area contributed by atoms with Crippen LogP contribution in [0.25, 0.3) is 0 Å². The highest BCUT2D eigenvalue weighted by atomic mass is 16.5. The van der Waals surface area contributed by atoms with Crippen LogP contribution >= 0.6 is 0 Å². The van der Waals surface area contributed by atoms with E-state index in [4.69, 9.17) is 9.47 Å². The number of hydrogen-bond acceptors (Lipinski definition) is 3. The van der Waals surface area contributed by atoms with Crippen molar-refractivity contribution in [2.45, 2.75) is 39.7 Å². The average Bonchev–Trinajstić information content (AvgIpc) is 2.43. The highest BCUT2D eigenvalue weighted by Gasteiger charge is 2.07. The lowest BCUT2D eigenvalue weighted by Gasteiger charge is -2.16. The summed E-state index contributed by atoms with van der Waals surface area (Å²) >= 11 is 0. The molecule has 1 rings (SSSR count). The topological polar surface area (TPSA) is 30.5 Å². The Labute approximate surface area is 123 Å². The monoisotopic (exact) mass is 279 g/mol. The molecule has 0 amide bonds. The average molecular weight is 279 g/mol. The Kier molecular flexibility index (Phi) is 8.31. The largest absolute Gasteiger partial charge is 0.496 e. The molecule has 1 N–H and O–H groups in total. The van der Waals surface area contributed by atoms with Crippen molar-refractivity contribution in [2.24, 2.45) is 5.92 Å². The first-order valence-corrected chi connectivity index (χ1v) is 7.56. The van der Waals surface area contributed by atoms with Gasteiger partial charge in [0.1, 0.15) is 5.75 Å². The lowest BCUT2D eigenvalue weighted by molar-refractivity contribution is 0.107. The minimum absolute atomic E-state index is 0.441. The summed E-state index contributed by atoms with van der Waals surface area (Å²) in [6, 6.07) is 8.65. The predicted molar refractivity (Wildman–Crippen MR) is 84.4 cm³/mol. The van der Waals surface area contributed by atoms with Crippen LogP contribution in [0.2, 0.25) is 0 Å².